The van der Waals surface area contributed by atoms with E-state index in [1.165, 1.54) is 6.42 Å². The molecule has 2 atom stereocenters. The van der Waals surface area contributed by atoms with E-state index in [0.717, 1.165) is 29.6 Å². The maximum atomic E-state index is 2.45. The minimum Gasteiger partial charge on any atom is -0.0625 e. The molecule has 1 rings (SSSR count). The van der Waals surface area contributed by atoms with Gasteiger partial charge in [-0.25, -0.2) is 0 Å². The third-order valence-electron chi connectivity index (χ3n) is 4.32. The van der Waals surface area contributed by atoms with Crippen LogP contribution >= 0.6 is 0 Å². The van der Waals surface area contributed by atoms with Gasteiger partial charge >= 0.3 is 0 Å². The standard InChI is InChI=1S/C14H28/c1-9(2)12(10(3)4)13-11(5)8-14(13,6)7/h9-13H,8H2,1-7H3. The van der Waals surface area contributed by atoms with Gasteiger partial charge in [0.15, 0.2) is 0 Å². The molecule has 0 aromatic carbocycles. The largest absolute Gasteiger partial charge is 0.0625 e. The van der Waals surface area contributed by atoms with Gasteiger partial charge in [-0.05, 0) is 41.4 Å². The van der Waals surface area contributed by atoms with Crippen LogP contribution in [0.5, 0.6) is 0 Å². The van der Waals surface area contributed by atoms with Crippen LogP contribution in [0.25, 0.3) is 0 Å². The van der Waals surface area contributed by atoms with Crippen molar-refractivity contribution in [3.05, 3.63) is 0 Å². The van der Waals surface area contributed by atoms with Gasteiger partial charge in [0, 0.05) is 0 Å². The number of hydrogen-bond donors (Lipinski definition) is 0. The molecule has 0 aromatic heterocycles. The SMILES string of the molecule is CC(C)C(C(C)C)C1C(C)CC1(C)C. The third kappa shape index (κ3) is 1.99. The van der Waals surface area contributed by atoms with Crippen LogP contribution in [0.4, 0.5) is 0 Å². The molecule has 0 radical (unpaired) electrons. The molecule has 0 heteroatoms. The summed E-state index contributed by atoms with van der Waals surface area (Å²) in [5.41, 5.74) is 0.596. The lowest BCUT2D eigenvalue weighted by Crippen LogP contribution is -2.49. The zero-order chi connectivity index (χ0) is 11.1. The summed E-state index contributed by atoms with van der Waals surface area (Å²) >= 11 is 0. The Morgan fingerprint density at radius 3 is 1.57 bits per heavy atom. The van der Waals surface area contributed by atoms with Crippen LogP contribution in [-0.4, -0.2) is 0 Å². The van der Waals surface area contributed by atoms with Gasteiger partial charge in [0.2, 0.25) is 0 Å². The first kappa shape index (κ1) is 12.1. The van der Waals surface area contributed by atoms with Gasteiger partial charge in [-0.15, -0.1) is 0 Å². The van der Waals surface area contributed by atoms with Crippen LogP contribution in [0.15, 0.2) is 0 Å². The van der Waals surface area contributed by atoms with Crippen molar-refractivity contribution in [3.63, 3.8) is 0 Å². The quantitative estimate of drug-likeness (QED) is 0.619. The zero-order valence-corrected chi connectivity index (χ0v) is 11.1. The Morgan fingerprint density at radius 2 is 1.43 bits per heavy atom. The molecule has 2 unspecified atom stereocenters. The third-order valence-corrected chi connectivity index (χ3v) is 4.32. The number of hydrogen-bond acceptors (Lipinski definition) is 0. The second-order valence-corrected chi connectivity index (χ2v) is 6.76. The van der Waals surface area contributed by atoms with Gasteiger partial charge in [0.05, 0.1) is 0 Å². The summed E-state index contributed by atoms with van der Waals surface area (Å²) in [5, 5.41) is 0. The topological polar surface area (TPSA) is 0 Å². The van der Waals surface area contributed by atoms with Gasteiger partial charge in [-0.1, -0.05) is 48.5 Å². The van der Waals surface area contributed by atoms with Crippen LogP contribution in [0, 0.1) is 35.0 Å². The molecular formula is C14H28. The highest BCUT2D eigenvalue weighted by atomic mass is 14.5. The molecule has 1 aliphatic rings. The van der Waals surface area contributed by atoms with E-state index in [9.17, 15) is 0 Å². The molecule has 0 spiro atoms. The molecule has 0 saturated heterocycles. The van der Waals surface area contributed by atoms with Gasteiger partial charge < -0.3 is 0 Å². The fourth-order valence-corrected chi connectivity index (χ4v) is 4.20. The van der Waals surface area contributed by atoms with Gasteiger partial charge in [-0.2, -0.15) is 0 Å². The molecule has 1 aliphatic carbocycles. The summed E-state index contributed by atoms with van der Waals surface area (Å²) in [6.45, 7) is 16.9. The predicted octanol–water partition coefficient (Wildman–Crippen LogP) is 4.60. The van der Waals surface area contributed by atoms with Crippen molar-refractivity contribution in [1.29, 1.82) is 0 Å². The predicted molar refractivity (Wildman–Crippen MR) is 64.2 cm³/mol. The molecule has 0 heterocycles. The lowest BCUT2D eigenvalue weighted by Gasteiger charge is -2.56. The monoisotopic (exact) mass is 196 g/mol. The molecule has 1 fully saturated rings. The van der Waals surface area contributed by atoms with Crippen molar-refractivity contribution >= 4 is 0 Å². The Kier molecular flexibility index (Phi) is 3.33. The highest BCUT2D eigenvalue weighted by Gasteiger charge is 2.49. The molecule has 0 bridgehead atoms. The van der Waals surface area contributed by atoms with E-state index in [0.29, 0.717) is 5.41 Å². The molecule has 0 aliphatic heterocycles. The van der Waals surface area contributed by atoms with E-state index in [2.05, 4.69) is 48.5 Å². The fraction of sp³-hybridized carbons (Fsp3) is 1.00. The lowest BCUT2D eigenvalue weighted by atomic mass is 9.49. The van der Waals surface area contributed by atoms with Crippen molar-refractivity contribution in [3.8, 4) is 0 Å². The van der Waals surface area contributed by atoms with Crippen molar-refractivity contribution in [2.45, 2.75) is 54.9 Å². The fourth-order valence-electron chi connectivity index (χ4n) is 4.20. The van der Waals surface area contributed by atoms with Crippen molar-refractivity contribution in [1.82, 2.24) is 0 Å². The van der Waals surface area contributed by atoms with Gasteiger partial charge in [0.1, 0.15) is 0 Å². The van der Waals surface area contributed by atoms with Crippen molar-refractivity contribution in [2.75, 3.05) is 0 Å². The Labute approximate surface area is 90.5 Å². The van der Waals surface area contributed by atoms with E-state index < -0.39 is 0 Å². The van der Waals surface area contributed by atoms with E-state index in [1.807, 2.05) is 0 Å². The van der Waals surface area contributed by atoms with Gasteiger partial charge in [-0.3, -0.25) is 0 Å². The van der Waals surface area contributed by atoms with Crippen LogP contribution < -0.4 is 0 Å². The van der Waals surface area contributed by atoms with Crippen molar-refractivity contribution < 1.29 is 0 Å². The lowest BCUT2D eigenvalue weighted by molar-refractivity contribution is -0.0733. The summed E-state index contributed by atoms with van der Waals surface area (Å²) in [4.78, 5) is 0. The molecule has 0 amide bonds. The maximum absolute atomic E-state index is 2.45. The summed E-state index contributed by atoms with van der Waals surface area (Å²) in [5.74, 6) is 4.47. The van der Waals surface area contributed by atoms with E-state index in [4.69, 9.17) is 0 Å². The first-order valence-electron chi connectivity index (χ1n) is 6.27. The molecule has 14 heavy (non-hydrogen) atoms. The Balaban J connectivity index is 2.78. The minimum atomic E-state index is 0.596. The van der Waals surface area contributed by atoms with E-state index >= 15 is 0 Å². The van der Waals surface area contributed by atoms with Crippen LogP contribution in [0.3, 0.4) is 0 Å². The second kappa shape index (κ2) is 3.87. The van der Waals surface area contributed by atoms with E-state index in [1.54, 1.807) is 0 Å². The van der Waals surface area contributed by atoms with Crippen LogP contribution in [-0.2, 0) is 0 Å². The molecule has 1 saturated carbocycles. The summed E-state index contributed by atoms with van der Waals surface area (Å²) in [6.07, 6.45) is 1.42. The first-order valence-corrected chi connectivity index (χ1v) is 6.27. The van der Waals surface area contributed by atoms with Crippen molar-refractivity contribution in [2.24, 2.45) is 35.0 Å². The maximum Gasteiger partial charge on any atom is -0.0303 e. The van der Waals surface area contributed by atoms with Gasteiger partial charge in [0.25, 0.3) is 0 Å². The zero-order valence-electron chi connectivity index (χ0n) is 11.1. The number of rotatable bonds is 3. The average molecular weight is 196 g/mol. The molecule has 84 valence electrons. The first-order chi connectivity index (χ1) is 6.27. The highest BCUT2D eigenvalue weighted by molar-refractivity contribution is 4.98. The summed E-state index contributed by atoms with van der Waals surface area (Å²) in [7, 11) is 0. The Morgan fingerprint density at radius 1 is 1.00 bits per heavy atom. The molecule has 0 aromatic rings. The normalized spacial score (nSPS) is 31.3. The Hall–Kier alpha value is 0. The smallest absolute Gasteiger partial charge is 0.0303 e. The second-order valence-electron chi connectivity index (χ2n) is 6.76. The minimum absolute atomic E-state index is 0.596. The summed E-state index contributed by atoms with van der Waals surface area (Å²) < 4.78 is 0. The van der Waals surface area contributed by atoms with E-state index in [-0.39, 0.29) is 0 Å². The van der Waals surface area contributed by atoms with Crippen LogP contribution in [0.1, 0.15) is 54.9 Å². The summed E-state index contributed by atoms with van der Waals surface area (Å²) in [6, 6.07) is 0. The molecule has 0 nitrogen and oxygen atoms in total. The molecule has 0 N–H and O–H groups in total. The molecular weight excluding hydrogens is 168 g/mol. The average Bonchev–Trinajstić information content (AvgIpc) is 1.97. The van der Waals surface area contributed by atoms with Crippen LogP contribution in [0.2, 0.25) is 0 Å². The Bertz CT molecular complexity index is 174. The highest BCUT2D eigenvalue weighted by Crippen LogP contribution is 2.56.